The van der Waals surface area contributed by atoms with Gasteiger partial charge in [-0.1, -0.05) is 30.3 Å². The zero-order valence-corrected chi connectivity index (χ0v) is 18.5. The molecule has 0 N–H and O–H groups in total. The molecule has 3 unspecified atom stereocenters. The number of halogens is 1. The summed E-state index contributed by atoms with van der Waals surface area (Å²) in [5, 5.41) is 0. The SMILES string of the molecule is COC1CC2C3N(C)CCN3C(=O)c3c(OCc4ccccc4)c(=O)c(I)c1n32. The van der Waals surface area contributed by atoms with Crippen LogP contribution in [0.5, 0.6) is 5.75 Å². The van der Waals surface area contributed by atoms with Gasteiger partial charge in [-0.2, -0.15) is 0 Å². The molecule has 1 saturated heterocycles. The highest BCUT2D eigenvalue weighted by Crippen LogP contribution is 2.48. The Hall–Kier alpha value is -1.91. The lowest BCUT2D eigenvalue weighted by Gasteiger charge is -2.40. The molecule has 3 atom stereocenters. The van der Waals surface area contributed by atoms with Gasteiger partial charge in [-0.25, -0.2) is 0 Å². The van der Waals surface area contributed by atoms with Gasteiger partial charge in [0.15, 0.2) is 11.4 Å². The van der Waals surface area contributed by atoms with Crippen molar-refractivity contribution in [2.24, 2.45) is 0 Å². The van der Waals surface area contributed by atoms with Gasteiger partial charge < -0.3 is 18.9 Å². The van der Waals surface area contributed by atoms with Crippen LogP contribution in [-0.4, -0.2) is 53.7 Å². The van der Waals surface area contributed by atoms with Gasteiger partial charge in [0.25, 0.3) is 5.91 Å². The normalized spacial score (nSPS) is 25.3. The summed E-state index contributed by atoms with van der Waals surface area (Å²) in [5.74, 6) is 0.0203. The summed E-state index contributed by atoms with van der Waals surface area (Å²) >= 11 is 2.08. The highest BCUT2D eigenvalue weighted by atomic mass is 127. The summed E-state index contributed by atoms with van der Waals surface area (Å²) in [7, 11) is 3.70. The van der Waals surface area contributed by atoms with Gasteiger partial charge in [0.2, 0.25) is 5.43 Å². The van der Waals surface area contributed by atoms with Crippen LogP contribution in [0.1, 0.15) is 40.3 Å². The van der Waals surface area contributed by atoms with E-state index in [9.17, 15) is 9.59 Å². The van der Waals surface area contributed by atoms with Crippen LogP contribution in [0.25, 0.3) is 0 Å². The predicted octanol–water partition coefficient (Wildman–Crippen LogP) is 2.39. The molecule has 3 aliphatic heterocycles. The Morgan fingerprint density at radius 3 is 2.66 bits per heavy atom. The van der Waals surface area contributed by atoms with Crippen LogP contribution in [0.4, 0.5) is 0 Å². The number of aromatic nitrogens is 1. The van der Waals surface area contributed by atoms with Crippen LogP contribution in [0, 0.1) is 3.57 Å². The van der Waals surface area contributed by atoms with Crippen molar-refractivity contribution in [3.05, 3.63) is 61.1 Å². The molecule has 1 aromatic carbocycles. The number of carbonyl (C=O) groups is 1. The van der Waals surface area contributed by atoms with Crippen molar-refractivity contribution in [3.8, 4) is 5.75 Å². The molecule has 1 aromatic heterocycles. The number of hydrogen-bond acceptors (Lipinski definition) is 5. The monoisotopic (exact) mass is 507 g/mol. The van der Waals surface area contributed by atoms with Crippen LogP contribution in [0.15, 0.2) is 35.1 Å². The van der Waals surface area contributed by atoms with Gasteiger partial charge >= 0.3 is 0 Å². The third-order valence-electron chi connectivity index (χ3n) is 6.22. The molecule has 0 radical (unpaired) electrons. The van der Waals surface area contributed by atoms with Crippen molar-refractivity contribution in [1.29, 1.82) is 0 Å². The molecule has 0 spiro atoms. The molecule has 0 aliphatic carbocycles. The summed E-state index contributed by atoms with van der Waals surface area (Å²) in [5.41, 5.74) is 1.90. The van der Waals surface area contributed by atoms with Crippen molar-refractivity contribution < 1.29 is 14.3 Å². The lowest BCUT2D eigenvalue weighted by Crippen LogP contribution is -2.51. The summed E-state index contributed by atoms with van der Waals surface area (Å²) in [6.07, 6.45) is 0.511. The van der Waals surface area contributed by atoms with Gasteiger partial charge in [0.05, 0.1) is 15.3 Å². The van der Waals surface area contributed by atoms with Crippen LogP contribution in [0.3, 0.4) is 0 Å². The zero-order chi connectivity index (χ0) is 20.3. The third-order valence-corrected chi connectivity index (χ3v) is 7.26. The quantitative estimate of drug-likeness (QED) is 0.595. The van der Waals surface area contributed by atoms with E-state index in [4.69, 9.17) is 9.47 Å². The third kappa shape index (κ3) is 2.76. The first-order valence-corrected chi connectivity index (χ1v) is 10.8. The molecule has 29 heavy (non-hydrogen) atoms. The number of amides is 1. The van der Waals surface area contributed by atoms with E-state index in [0.29, 0.717) is 15.8 Å². The Kier molecular flexibility index (Phi) is 4.67. The molecular formula is C21H22IN3O4. The Labute approximate surface area is 182 Å². The average Bonchev–Trinajstić information content (AvgIpc) is 3.30. The molecule has 5 rings (SSSR count). The number of ether oxygens (including phenoxy) is 2. The number of pyridine rings is 1. The first kappa shape index (κ1) is 19.1. The second kappa shape index (κ2) is 7.10. The fourth-order valence-corrected chi connectivity index (χ4v) is 5.74. The molecule has 8 heteroatoms. The van der Waals surface area contributed by atoms with Gasteiger partial charge in [-0.15, -0.1) is 0 Å². The van der Waals surface area contributed by atoms with E-state index in [2.05, 4.69) is 27.5 Å². The summed E-state index contributed by atoms with van der Waals surface area (Å²) in [4.78, 5) is 30.8. The van der Waals surface area contributed by atoms with E-state index in [-0.39, 0.29) is 42.0 Å². The molecule has 7 nitrogen and oxygen atoms in total. The number of benzene rings is 1. The van der Waals surface area contributed by atoms with Crippen molar-refractivity contribution >= 4 is 28.5 Å². The maximum atomic E-state index is 13.5. The van der Waals surface area contributed by atoms with Crippen LogP contribution in [-0.2, 0) is 11.3 Å². The maximum absolute atomic E-state index is 13.5. The molecule has 0 bridgehead atoms. The first-order chi connectivity index (χ1) is 14.0. The Morgan fingerprint density at radius 1 is 1.17 bits per heavy atom. The highest BCUT2D eigenvalue weighted by Gasteiger charge is 2.52. The minimum absolute atomic E-state index is 0.0193. The van der Waals surface area contributed by atoms with Gasteiger partial charge in [0.1, 0.15) is 18.9 Å². The number of carbonyl (C=O) groups excluding carboxylic acids is 1. The number of hydrogen-bond donors (Lipinski definition) is 0. The minimum atomic E-state index is -0.232. The topological polar surface area (TPSA) is 64.0 Å². The van der Waals surface area contributed by atoms with Gasteiger partial charge in [-0.05, 0) is 35.2 Å². The smallest absolute Gasteiger partial charge is 0.275 e. The summed E-state index contributed by atoms with van der Waals surface area (Å²) < 4.78 is 14.3. The summed E-state index contributed by atoms with van der Waals surface area (Å²) in [6, 6.07) is 9.72. The highest BCUT2D eigenvalue weighted by molar-refractivity contribution is 14.1. The maximum Gasteiger partial charge on any atom is 0.275 e. The number of nitrogens with zero attached hydrogens (tertiary/aromatic N) is 3. The van der Waals surface area contributed by atoms with Crippen molar-refractivity contribution in [3.63, 3.8) is 0 Å². The van der Waals surface area contributed by atoms with Crippen LogP contribution in [0.2, 0.25) is 0 Å². The molecule has 1 fully saturated rings. The fourth-order valence-electron chi connectivity index (χ4n) is 4.89. The molecule has 1 amide bonds. The zero-order valence-electron chi connectivity index (χ0n) is 16.3. The van der Waals surface area contributed by atoms with Crippen LogP contribution < -0.4 is 10.2 Å². The number of fused-ring (bicyclic) bond motifs is 2. The predicted molar refractivity (Wildman–Crippen MR) is 115 cm³/mol. The Morgan fingerprint density at radius 2 is 1.93 bits per heavy atom. The molecule has 0 saturated carbocycles. The molecule has 2 aromatic rings. The average molecular weight is 507 g/mol. The molecule has 4 heterocycles. The van der Waals surface area contributed by atoms with Crippen LogP contribution >= 0.6 is 22.6 Å². The van der Waals surface area contributed by atoms with Gasteiger partial charge in [0, 0.05) is 26.6 Å². The second-order valence-electron chi connectivity index (χ2n) is 7.77. The minimum Gasteiger partial charge on any atom is -0.483 e. The number of rotatable bonds is 4. The number of methoxy groups -OCH3 is 1. The van der Waals surface area contributed by atoms with E-state index in [1.165, 1.54) is 0 Å². The lowest BCUT2D eigenvalue weighted by atomic mass is 10.1. The van der Waals surface area contributed by atoms with Crippen molar-refractivity contribution in [2.45, 2.75) is 31.3 Å². The Bertz CT molecular complexity index is 1040. The fraction of sp³-hybridized carbons (Fsp3) is 0.429. The molecule has 152 valence electrons. The van der Waals surface area contributed by atoms with E-state index in [1.54, 1.807) is 7.11 Å². The number of likely N-dealkylation sites (N-methyl/N-ethyl adjacent to an activating group) is 1. The lowest BCUT2D eigenvalue weighted by molar-refractivity contribution is 0.0375. The van der Waals surface area contributed by atoms with E-state index >= 15 is 0 Å². The largest absolute Gasteiger partial charge is 0.483 e. The molecular weight excluding hydrogens is 485 g/mol. The van der Waals surface area contributed by atoms with E-state index in [0.717, 1.165) is 24.2 Å². The van der Waals surface area contributed by atoms with E-state index < -0.39 is 0 Å². The standard InChI is InChI=1S/C21H22IN3O4/c1-23-8-9-24-20(23)13-10-14(28-2)16-15(22)18(26)19(17(21(24)27)25(13)16)29-11-12-6-4-3-5-7-12/h3-7,13-14,20H,8-11H2,1-2H3. The Balaban J connectivity index is 1.67. The van der Waals surface area contributed by atoms with Gasteiger partial charge in [-0.3, -0.25) is 14.5 Å². The van der Waals surface area contributed by atoms with Crippen molar-refractivity contribution in [2.75, 3.05) is 27.2 Å². The summed E-state index contributed by atoms with van der Waals surface area (Å²) in [6.45, 7) is 1.71. The van der Waals surface area contributed by atoms with Crippen molar-refractivity contribution in [1.82, 2.24) is 14.4 Å². The second-order valence-corrected chi connectivity index (χ2v) is 8.85. The molecule has 3 aliphatic rings. The van der Waals surface area contributed by atoms with E-state index in [1.807, 2.05) is 46.8 Å². The first-order valence-electron chi connectivity index (χ1n) is 9.71.